The Morgan fingerprint density at radius 3 is 2.81 bits per heavy atom. The number of aliphatic hydroxyl groups is 1. The summed E-state index contributed by atoms with van der Waals surface area (Å²) < 4.78 is 11.5. The third kappa shape index (κ3) is 3.78. The van der Waals surface area contributed by atoms with Gasteiger partial charge in [-0.2, -0.15) is 0 Å². The standard InChI is InChI=1S/C23H29ClN2O6/c1-2-31-22(30)17-16-10-11-23(32-16)18(17)21(29)26(12-6-3-7-13-27)19(23)20(28)25-15-9-5-4-8-14(15)24/h4-5,8-9,16-19,27H,2-3,6-7,10-13H2,1H3,(H,25,28)/t16-,17+,18-,19?,23?/m0/s1. The van der Waals surface area contributed by atoms with Crippen molar-refractivity contribution in [3.05, 3.63) is 29.3 Å². The Hall–Kier alpha value is -2.16. The zero-order chi connectivity index (χ0) is 22.9. The molecule has 3 aliphatic heterocycles. The van der Waals surface area contributed by atoms with Gasteiger partial charge in [-0.05, 0) is 51.2 Å². The minimum atomic E-state index is -1.05. The Labute approximate surface area is 192 Å². The summed E-state index contributed by atoms with van der Waals surface area (Å²) in [5, 5.41) is 12.3. The van der Waals surface area contributed by atoms with Crippen molar-refractivity contribution in [1.82, 2.24) is 4.90 Å². The maximum Gasteiger partial charge on any atom is 0.312 e. The van der Waals surface area contributed by atoms with Gasteiger partial charge in [0, 0.05) is 13.2 Å². The molecular weight excluding hydrogens is 436 g/mol. The first-order valence-corrected chi connectivity index (χ1v) is 11.6. The molecule has 2 amide bonds. The molecule has 32 heavy (non-hydrogen) atoms. The molecule has 2 unspecified atom stereocenters. The Bertz CT molecular complexity index is 895. The molecule has 0 saturated carbocycles. The minimum Gasteiger partial charge on any atom is -0.466 e. The molecule has 1 spiro atoms. The lowest BCUT2D eigenvalue weighted by Gasteiger charge is -2.33. The molecule has 2 N–H and O–H groups in total. The number of hydrogen-bond donors (Lipinski definition) is 2. The van der Waals surface area contributed by atoms with Gasteiger partial charge in [-0.1, -0.05) is 23.7 Å². The second kappa shape index (κ2) is 9.37. The van der Waals surface area contributed by atoms with Gasteiger partial charge < -0.3 is 24.8 Å². The topological polar surface area (TPSA) is 105 Å². The van der Waals surface area contributed by atoms with Crippen molar-refractivity contribution in [3.63, 3.8) is 0 Å². The fourth-order valence-corrected chi connectivity index (χ4v) is 5.72. The number of hydrogen-bond acceptors (Lipinski definition) is 6. The molecule has 4 rings (SSSR count). The van der Waals surface area contributed by atoms with Gasteiger partial charge >= 0.3 is 5.97 Å². The smallest absolute Gasteiger partial charge is 0.312 e. The van der Waals surface area contributed by atoms with Crippen molar-refractivity contribution < 1.29 is 29.0 Å². The fourth-order valence-electron chi connectivity index (χ4n) is 5.53. The van der Waals surface area contributed by atoms with Crippen LogP contribution in [0.25, 0.3) is 0 Å². The molecule has 0 radical (unpaired) electrons. The van der Waals surface area contributed by atoms with E-state index in [4.69, 9.17) is 26.2 Å². The van der Waals surface area contributed by atoms with Crippen molar-refractivity contribution >= 4 is 35.1 Å². The number of anilines is 1. The summed E-state index contributed by atoms with van der Waals surface area (Å²) in [5.74, 6) is -2.49. The van der Waals surface area contributed by atoms with E-state index in [1.807, 2.05) is 0 Å². The van der Waals surface area contributed by atoms with Crippen molar-refractivity contribution in [3.8, 4) is 0 Å². The Morgan fingerprint density at radius 1 is 1.31 bits per heavy atom. The third-order valence-electron chi connectivity index (χ3n) is 6.80. The second-order valence-electron chi connectivity index (χ2n) is 8.59. The van der Waals surface area contributed by atoms with E-state index in [-0.39, 0.29) is 25.0 Å². The number of para-hydroxylation sites is 1. The number of esters is 1. The fraction of sp³-hybridized carbons (Fsp3) is 0.609. The summed E-state index contributed by atoms with van der Waals surface area (Å²) >= 11 is 6.23. The summed E-state index contributed by atoms with van der Waals surface area (Å²) in [6.45, 7) is 2.37. The number of carbonyl (C=O) groups is 3. The highest BCUT2D eigenvalue weighted by Crippen LogP contribution is 2.58. The number of halogens is 1. The highest BCUT2D eigenvalue weighted by molar-refractivity contribution is 6.33. The summed E-state index contributed by atoms with van der Waals surface area (Å²) in [6.07, 6.45) is 2.69. The number of nitrogens with one attached hydrogen (secondary N) is 1. The monoisotopic (exact) mass is 464 g/mol. The normalized spacial score (nSPS) is 30.5. The number of ether oxygens (including phenoxy) is 2. The van der Waals surface area contributed by atoms with Crippen LogP contribution in [0, 0.1) is 11.8 Å². The predicted octanol–water partition coefficient (Wildman–Crippen LogP) is 2.38. The third-order valence-corrected chi connectivity index (χ3v) is 7.13. The molecule has 3 aliphatic rings. The number of fused-ring (bicyclic) bond motifs is 1. The number of likely N-dealkylation sites (tertiary alicyclic amines) is 1. The highest BCUT2D eigenvalue weighted by Gasteiger charge is 2.74. The molecule has 0 aromatic heterocycles. The van der Waals surface area contributed by atoms with Crippen LogP contribution in [0.15, 0.2) is 24.3 Å². The van der Waals surface area contributed by atoms with Crippen LogP contribution >= 0.6 is 11.6 Å². The van der Waals surface area contributed by atoms with Crippen LogP contribution in [-0.4, -0.2) is 65.3 Å². The van der Waals surface area contributed by atoms with Gasteiger partial charge in [0.1, 0.15) is 11.6 Å². The number of benzene rings is 1. The van der Waals surface area contributed by atoms with Gasteiger partial charge in [0.15, 0.2) is 0 Å². The van der Waals surface area contributed by atoms with E-state index < -0.39 is 35.6 Å². The molecule has 3 saturated heterocycles. The quantitative estimate of drug-likeness (QED) is 0.429. The van der Waals surface area contributed by atoms with Gasteiger partial charge in [0.05, 0.1) is 35.3 Å². The van der Waals surface area contributed by atoms with E-state index in [9.17, 15) is 14.4 Å². The average molecular weight is 465 g/mol. The number of nitrogens with zero attached hydrogens (tertiary/aromatic N) is 1. The molecule has 3 fully saturated rings. The largest absolute Gasteiger partial charge is 0.466 e. The predicted molar refractivity (Wildman–Crippen MR) is 117 cm³/mol. The zero-order valence-electron chi connectivity index (χ0n) is 18.1. The van der Waals surface area contributed by atoms with Crippen LogP contribution in [0.4, 0.5) is 5.69 Å². The molecule has 174 valence electrons. The molecule has 5 atom stereocenters. The van der Waals surface area contributed by atoms with Crippen molar-refractivity contribution in [2.75, 3.05) is 25.1 Å². The van der Waals surface area contributed by atoms with E-state index in [2.05, 4.69) is 5.32 Å². The Kier molecular flexibility index (Phi) is 6.74. The SMILES string of the molecule is CCOC(=O)[C@@H]1[C@@H]2CCC3(O2)C(C(=O)Nc2ccccc2Cl)N(CCCCCO)C(=O)[C@H]13. The first-order valence-electron chi connectivity index (χ1n) is 11.3. The minimum absolute atomic E-state index is 0.0760. The highest BCUT2D eigenvalue weighted by atomic mass is 35.5. The zero-order valence-corrected chi connectivity index (χ0v) is 18.8. The molecule has 8 nitrogen and oxygen atoms in total. The Balaban J connectivity index is 1.65. The van der Waals surface area contributed by atoms with Crippen LogP contribution < -0.4 is 5.32 Å². The maximum atomic E-state index is 13.6. The Morgan fingerprint density at radius 2 is 2.09 bits per heavy atom. The van der Waals surface area contributed by atoms with Crippen LogP contribution in [-0.2, 0) is 23.9 Å². The lowest BCUT2D eigenvalue weighted by Crippen LogP contribution is -2.53. The summed E-state index contributed by atoms with van der Waals surface area (Å²) in [6, 6.07) is 6.05. The lowest BCUT2D eigenvalue weighted by atomic mass is 9.71. The summed E-state index contributed by atoms with van der Waals surface area (Å²) in [5.41, 5.74) is -0.595. The van der Waals surface area contributed by atoms with Gasteiger partial charge in [-0.15, -0.1) is 0 Å². The van der Waals surface area contributed by atoms with Gasteiger partial charge in [0.25, 0.3) is 0 Å². The molecule has 1 aromatic carbocycles. The van der Waals surface area contributed by atoms with E-state index in [0.29, 0.717) is 42.9 Å². The number of carbonyl (C=O) groups excluding carboxylic acids is 3. The molecular formula is C23H29ClN2O6. The van der Waals surface area contributed by atoms with Gasteiger partial charge in [0.2, 0.25) is 11.8 Å². The van der Waals surface area contributed by atoms with Gasteiger partial charge in [-0.3, -0.25) is 14.4 Å². The molecule has 1 aromatic rings. The summed E-state index contributed by atoms with van der Waals surface area (Å²) in [7, 11) is 0. The first kappa shape index (κ1) is 23.0. The van der Waals surface area contributed by atoms with Crippen LogP contribution in [0.5, 0.6) is 0 Å². The number of rotatable bonds is 9. The number of unbranched alkanes of at least 4 members (excludes halogenated alkanes) is 2. The van der Waals surface area contributed by atoms with Crippen LogP contribution in [0.2, 0.25) is 5.02 Å². The molecule has 9 heteroatoms. The van der Waals surface area contributed by atoms with Crippen molar-refractivity contribution in [1.29, 1.82) is 0 Å². The first-order chi connectivity index (χ1) is 15.4. The molecule has 0 aliphatic carbocycles. The number of amides is 2. The average Bonchev–Trinajstić information content (AvgIpc) is 3.40. The molecule has 2 bridgehead atoms. The maximum absolute atomic E-state index is 13.6. The van der Waals surface area contributed by atoms with Gasteiger partial charge in [-0.25, -0.2) is 0 Å². The second-order valence-corrected chi connectivity index (χ2v) is 9.00. The van der Waals surface area contributed by atoms with E-state index >= 15 is 0 Å². The van der Waals surface area contributed by atoms with E-state index in [0.717, 1.165) is 6.42 Å². The number of aliphatic hydroxyl groups excluding tert-OH is 1. The van der Waals surface area contributed by atoms with Crippen LogP contribution in [0.1, 0.15) is 39.0 Å². The lowest BCUT2D eigenvalue weighted by molar-refractivity contribution is -0.154. The van der Waals surface area contributed by atoms with E-state index in [1.165, 1.54) is 0 Å². The summed E-state index contributed by atoms with van der Waals surface area (Å²) in [4.78, 5) is 41.4. The van der Waals surface area contributed by atoms with E-state index in [1.54, 1.807) is 36.1 Å². The van der Waals surface area contributed by atoms with Crippen molar-refractivity contribution in [2.24, 2.45) is 11.8 Å². The molecule has 3 heterocycles. The van der Waals surface area contributed by atoms with Crippen LogP contribution in [0.3, 0.4) is 0 Å². The van der Waals surface area contributed by atoms with Crippen molar-refractivity contribution in [2.45, 2.75) is 56.8 Å².